The lowest BCUT2D eigenvalue weighted by Crippen LogP contribution is -2.27. The van der Waals surface area contributed by atoms with Crippen LogP contribution >= 0.6 is 7.82 Å². The molecule has 326 valence electrons. The highest BCUT2D eigenvalue weighted by atomic mass is 31.2. The van der Waals surface area contributed by atoms with E-state index in [0.717, 1.165) is 77.0 Å². The zero-order valence-electron chi connectivity index (χ0n) is 35.8. The van der Waals surface area contributed by atoms with E-state index in [2.05, 4.69) is 104 Å². The fourth-order valence-electron chi connectivity index (χ4n) is 5.50. The predicted octanol–water partition coefficient (Wildman–Crippen LogP) is 12.4. The van der Waals surface area contributed by atoms with E-state index in [0.29, 0.717) is 12.8 Å². The number of unbranched alkanes of at least 4 members (excludes halogenated alkanes) is 13. The zero-order chi connectivity index (χ0) is 41.8. The number of carbonyl (C=O) groups excluding carboxylic acids is 2. The fraction of sp³-hybridized carbons (Fsp3) is 0.660. The van der Waals surface area contributed by atoms with Crippen molar-refractivity contribution in [1.82, 2.24) is 5.32 Å². The number of phosphoric ester groups is 1. The lowest BCUT2D eigenvalue weighted by Gasteiger charge is -2.15. The van der Waals surface area contributed by atoms with Crippen molar-refractivity contribution >= 4 is 19.7 Å². The highest BCUT2D eigenvalue weighted by molar-refractivity contribution is 7.47. The second-order valence-electron chi connectivity index (χ2n) is 14.3. The van der Waals surface area contributed by atoms with Gasteiger partial charge in [-0.1, -0.05) is 157 Å². The van der Waals surface area contributed by atoms with E-state index >= 15 is 0 Å². The van der Waals surface area contributed by atoms with E-state index in [1.165, 1.54) is 57.8 Å². The zero-order valence-corrected chi connectivity index (χ0v) is 36.6. The van der Waals surface area contributed by atoms with Gasteiger partial charge in [0.15, 0.2) is 0 Å². The second-order valence-corrected chi connectivity index (χ2v) is 15.7. The molecule has 0 aromatic heterocycles. The van der Waals surface area contributed by atoms with Crippen LogP contribution in [0.5, 0.6) is 0 Å². The molecule has 57 heavy (non-hydrogen) atoms. The van der Waals surface area contributed by atoms with E-state index < -0.39 is 26.5 Å². The molecule has 0 rings (SSSR count). The van der Waals surface area contributed by atoms with E-state index in [9.17, 15) is 24.2 Å². The molecule has 0 bridgehead atoms. The number of esters is 1. The summed E-state index contributed by atoms with van der Waals surface area (Å²) in [6, 6.07) is 0. The molecule has 0 fully saturated rings. The maximum absolute atomic E-state index is 12.1. The van der Waals surface area contributed by atoms with Gasteiger partial charge in [0.1, 0.15) is 12.7 Å². The first-order valence-electron chi connectivity index (χ1n) is 22.1. The summed E-state index contributed by atoms with van der Waals surface area (Å²) in [5, 5.41) is 12.7. The van der Waals surface area contributed by atoms with Crippen molar-refractivity contribution in [2.75, 3.05) is 26.4 Å². The number of aliphatic hydroxyl groups excluding tert-OH is 1. The van der Waals surface area contributed by atoms with Gasteiger partial charge in [-0.15, -0.1) is 0 Å². The first kappa shape index (κ1) is 54.2. The summed E-state index contributed by atoms with van der Waals surface area (Å²) >= 11 is 0. The Morgan fingerprint density at radius 3 is 1.54 bits per heavy atom. The summed E-state index contributed by atoms with van der Waals surface area (Å²) in [5.74, 6) is -0.586. The molecule has 0 saturated heterocycles. The molecule has 0 aromatic carbocycles. The van der Waals surface area contributed by atoms with Gasteiger partial charge >= 0.3 is 13.8 Å². The SMILES string of the molecule is CC/C=C\C/C=C\C/C=C\C/C=C\C/C=C\CCCC(=O)NCCOP(=O)(O)OCC(O)COC(=O)CCCCCCCCCCC/C=C\C/C=C\CCCCC. The number of ether oxygens (including phenoxy) is 1. The Bertz CT molecular complexity index is 1210. The van der Waals surface area contributed by atoms with Crippen LogP contribution in [-0.2, 0) is 27.9 Å². The number of amides is 1. The Labute approximate surface area is 347 Å². The molecule has 3 N–H and O–H groups in total. The third kappa shape index (κ3) is 44.1. The van der Waals surface area contributed by atoms with Crippen LogP contribution in [0.25, 0.3) is 0 Å². The van der Waals surface area contributed by atoms with Crippen molar-refractivity contribution in [3.05, 3.63) is 85.1 Å². The summed E-state index contributed by atoms with van der Waals surface area (Å²) in [6.45, 7) is 3.32. The monoisotopic (exact) mass is 818 g/mol. The van der Waals surface area contributed by atoms with Gasteiger partial charge in [-0.3, -0.25) is 18.6 Å². The first-order valence-corrected chi connectivity index (χ1v) is 23.6. The highest BCUT2D eigenvalue weighted by Crippen LogP contribution is 2.42. The van der Waals surface area contributed by atoms with Crippen LogP contribution in [0.3, 0.4) is 0 Å². The topological polar surface area (TPSA) is 131 Å². The van der Waals surface area contributed by atoms with Gasteiger partial charge < -0.3 is 20.1 Å². The van der Waals surface area contributed by atoms with Gasteiger partial charge in [0, 0.05) is 19.4 Å². The second kappa shape index (κ2) is 42.8. The molecule has 0 spiro atoms. The van der Waals surface area contributed by atoms with Crippen LogP contribution < -0.4 is 5.32 Å². The molecule has 2 unspecified atom stereocenters. The van der Waals surface area contributed by atoms with Crippen LogP contribution in [0, 0.1) is 0 Å². The smallest absolute Gasteiger partial charge is 0.463 e. The number of hydrogen-bond donors (Lipinski definition) is 3. The molecule has 0 aromatic rings. The number of carbonyl (C=O) groups is 2. The van der Waals surface area contributed by atoms with Crippen molar-refractivity contribution < 1.29 is 37.9 Å². The van der Waals surface area contributed by atoms with Gasteiger partial charge in [-0.25, -0.2) is 4.57 Å². The Hall–Kier alpha value is -2.81. The van der Waals surface area contributed by atoms with Crippen molar-refractivity contribution in [2.45, 2.75) is 174 Å². The van der Waals surface area contributed by atoms with Gasteiger partial charge in [-0.05, 0) is 83.5 Å². The highest BCUT2D eigenvalue weighted by Gasteiger charge is 2.23. The van der Waals surface area contributed by atoms with Crippen molar-refractivity contribution in [2.24, 2.45) is 0 Å². The lowest BCUT2D eigenvalue weighted by atomic mass is 10.1. The van der Waals surface area contributed by atoms with Gasteiger partial charge in [0.2, 0.25) is 5.91 Å². The van der Waals surface area contributed by atoms with Gasteiger partial charge in [-0.2, -0.15) is 0 Å². The molecular weight excluding hydrogens is 737 g/mol. The average molecular weight is 818 g/mol. The quantitative estimate of drug-likeness (QED) is 0.0241. The number of phosphoric acid groups is 1. The largest absolute Gasteiger partial charge is 0.472 e. The van der Waals surface area contributed by atoms with Crippen LogP contribution in [0.1, 0.15) is 168 Å². The van der Waals surface area contributed by atoms with E-state index in [1.54, 1.807) is 0 Å². The number of allylic oxidation sites excluding steroid dienone is 14. The average Bonchev–Trinajstić information content (AvgIpc) is 3.20. The predicted molar refractivity (Wildman–Crippen MR) is 238 cm³/mol. The first-order chi connectivity index (χ1) is 27.8. The molecule has 2 atom stereocenters. The summed E-state index contributed by atoms with van der Waals surface area (Å²) in [5.41, 5.74) is 0. The van der Waals surface area contributed by atoms with Crippen LogP contribution in [-0.4, -0.2) is 54.3 Å². The third-order valence-electron chi connectivity index (χ3n) is 8.81. The third-order valence-corrected chi connectivity index (χ3v) is 9.79. The summed E-state index contributed by atoms with van der Waals surface area (Å²) in [7, 11) is -4.44. The lowest BCUT2D eigenvalue weighted by molar-refractivity contribution is -0.147. The van der Waals surface area contributed by atoms with Crippen LogP contribution in [0.15, 0.2) is 85.1 Å². The fourth-order valence-corrected chi connectivity index (χ4v) is 6.26. The molecular formula is C47H80NO8P. The minimum absolute atomic E-state index is 0.0461. The number of aliphatic hydroxyl groups is 1. The Morgan fingerprint density at radius 1 is 0.561 bits per heavy atom. The minimum Gasteiger partial charge on any atom is -0.463 e. The molecule has 10 heteroatoms. The van der Waals surface area contributed by atoms with Crippen molar-refractivity contribution in [1.29, 1.82) is 0 Å². The summed E-state index contributed by atoms with van der Waals surface area (Å²) in [6.07, 6.45) is 53.7. The summed E-state index contributed by atoms with van der Waals surface area (Å²) in [4.78, 5) is 33.9. The van der Waals surface area contributed by atoms with Crippen LogP contribution in [0.2, 0.25) is 0 Å². The molecule has 0 heterocycles. The Balaban J connectivity index is 3.69. The van der Waals surface area contributed by atoms with Gasteiger partial charge in [0.25, 0.3) is 0 Å². The van der Waals surface area contributed by atoms with Crippen molar-refractivity contribution in [3.63, 3.8) is 0 Å². The summed E-state index contributed by atoms with van der Waals surface area (Å²) < 4.78 is 26.9. The molecule has 9 nitrogen and oxygen atoms in total. The molecule has 0 saturated carbocycles. The molecule has 1 amide bonds. The molecule has 0 aliphatic heterocycles. The number of nitrogens with one attached hydrogen (secondary N) is 1. The maximum Gasteiger partial charge on any atom is 0.472 e. The number of hydrogen-bond acceptors (Lipinski definition) is 7. The normalized spacial score (nSPS) is 14.1. The standard InChI is InChI=1S/C47H80NO8P/c1-3-5-7-9-11-13-15-17-19-21-22-24-26-28-30-32-34-36-38-40-47(51)54-43-45(49)44-56-57(52,53)55-42-41-48-46(50)39-37-35-33-31-29-27-25-23-20-18-16-14-12-10-8-6-4-2/h6,8,11-14,17-20,25,27,31,33,45,49H,3-5,7,9-10,15-16,21-24,26,28-30,32,34-44H2,1-2H3,(H,48,50)(H,52,53)/b8-6-,13-11-,14-12-,19-17-,20-18-,27-25-,33-31-. The minimum atomic E-state index is -4.44. The van der Waals surface area contributed by atoms with E-state index in [-0.39, 0.29) is 32.1 Å². The number of rotatable bonds is 40. The van der Waals surface area contributed by atoms with Crippen molar-refractivity contribution in [3.8, 4) is 0 Å². The van der Waals surface area contributed by atoms with E-state index in [4.69, 9.17) is 13.8 Å². The molecule has 0 aliphatic carbocycles. The maximum atomic E-state index is 12.1. The molecule has 0 radical (unpaired) electrons. The Kier molecular flexibility index (Phi) is 40.7. The Morgan fingerprint density at radius 2 is 1.02 bits per heavy atom. The van der Waals surface area contributed by atoms with Crippen LogP contribution in [0.4, 0.5) is 0 Å². The van der Waals surface area contributed by atoms with Gasteiger partial charge in [0.05, 0.1) is 13.2 Å². The molecule has 0 aliphatic rings. The van der Waals surface area contributed by atoms with E-state index in [1.807, 2.05) is 0 Å².